The molecule has 0 atom stereocenters. The number of hydrogen-bond donors (Lipinski definition) is 1. The summed E-state index contributed by atoms with van der Waals surface area (Å²) in [7, 11) is 0. The molecule has 5 heteroatoms. The monoisotopic (exact) mass is 319 g/mol. The van der Waals surface area contributed by atoms with Gasteiger partial charge in [-0.05, 0) is 56.5 Å². The zero-order valence-corrected chi connectivity index (χ0v) is 14.1. The third-order valence-corrected chi connectivity index (χ3v) is 3.74. The predicted molar refractivity (Wildman–Crippen MR) is 88.5 cm³/mol. The summed E-state index contributed by atoms with van der Waals surface area (Å²) in [5.41, 5.74) is 2.25. The van der Waals surface area contributed by atoms with E-state index >= 15 is 0 Å². The molecule has 0 bridgehead atoms. The van der Waals surface area contributed by atoms with Gasteiger partial charge in [-0.2, -0.15) is 0 Å². The number of fused-ring (bicyclic) bond motifs is 1. The third-order valence-electron chi connectivity index (χ3n) is 3.74. The van der Waals surface area contributed by atoms with Crippen LogP contribution in [0, 0.1) is 0 Å². The Morgan fingerprint density at radius 2 is 2.04 bits per heavy atom. The maximum absolute atomic E-state index is 11.5. The second kappa shape index (κ2) is 8.58. The van der Waals surface area contributed by atoms with Crippen LogP contribution in [0.1, 0.15) is 39.2 Å². The molecule has 23 heavy (non-hydrogen) atoms. The summed E-state index contributed by atoms with van der Waals surface area (Å²) >= 11 is 0. The van der Waals surface area contributed by atoms with E-state index in [1.165, 1.54) is 5.56 Å². The van der Waals surface area contributed by atoms with Crippen molar-refractivity contribution in [1.29, 1.82) is 0 Å². The second-order valence-electron chi connectivity index (χ2n) is 5.67. The van der Waals surface area contributed by atoms with Gasteiger partial charge >= 0.3 is 5.97 Å². The molecule has 0 aliphatic carbocycles. The molecule has 126 valence electrons. The number of hydrogen-bond acceptors (Lipinski definition) is 5. The molecule has 0 saturated heterocycles. The maximum atomic E-state index is 11.5. The number of nitrogens with one attached hydrogen (secondary N) is 1. The summed E-state index contributed by atoms with van der Waals surface area (Å²) in [6.45, 7) is 7.62. The van der Waals surface area contributed by atoms with Gasteiger partial charge in [0.15, 0.2) is 11.5 Å². The van der Waals surface area contributed by atoms with Crippen molar-refractivity contribution in [2.45, 2.75) is 40.0 Å². The van der Waals surface area contributed by atoms with Crippen LogP contribution in [0.25, 0.3) is 0 Å². The molecule has 0 saturated carbocycles. The van der Waals surface area contributed by atoms with Gasteiger partial charge in [-0.15, -0.1) is 0 Å². The average Bonchev–Trinajstić information content (AvgIpc) is 2.99. The van der Waals surface area contributed by atoms with Gasteiger partial charge in [-0.3, -0.25) is 4.79 Å². The van der Waals surface area contributed by atoms with Gasteiger partial charge in [-0.1, -0.05) is 13.0 Å². The van der Waals surface area contributed by atoms with Crippen LogP contribution in [0.4, 0.5) is 0 Å². The number of ether oxygens (including phenoxy) is 3. The van der Waals surface area contributed by atoms with E-state index < -0.39 is 0 Å². The Labute approximate surface area is 137 Å². The number of benzene rings is 1. The molecular weight excluding hydrogens is 294 g/mol. The summed E-state index contributed by atoms with van der Waals surface area (Å²) in [6, 6.07) is 6.01. The molecule has 5 nitrogen and oxygen atoms in total. The van der Waals surface area contributed by atoms with Crippen molar-refractivity contribution in [3.8, 4) is 11.5 Å². The third kappa shape index (κ3) is 5.28. The number of rotatable bonds is 8. The lowest BCUT2D eigenvalue weighted by molar-refractivity contribution is -0.139. The summed E-state index contributed by atoms with van der Waals surface area (Å²) in [5.74, 6) is 2.16. The molecular formula is C18H25NO4. The van der Waals surface area contributed by atoms with Crippen LogP contribution in [-0.2, 0) is 16.0 Å². The van der Waals surface area contributed by atoms with Crippen LogP contribution in [0.5, 0.6) is 11.5 Å². The Morgan fingerprint density at radius 3 is 2.83 bits per heavy atom. The highest BCUT2D eigenvalue weighted by molar-refractivity contribution is 5.70. The number of allylic oxidation sites excluding steroid dienone is 1. The zero-order valence-electron chi connectivity index (χ0n) is 14.1. The fourth-order valence-electron chi connectivity index (χ4n) is 2.24. The molecule has 1 aromatic rings. The molecule has 0 radical (unpaired) electrons. The van der Waals surface area contributed by atoms with Crippen molar-refractivity contribution in [3.63, 3.8) is 0 Å². The standard InChI is InChI=1S/C18H25NO4/c1-4-5-18(20)23-14(3)13(2)11-19-9-8-15-6-7-16-17(10-15)22-12-21-16/h6-7,10,19H,4-5,8-9,11-12H2,1-3H3/b14-13+. The Morgan fingerprint density at radius 1 is 1.26 bits per heavy atom. The van der Waals surface area contributed by atoms with E-state index in [1.807, 2.05) is 32.9 Å². The average molecular weight is 319 g/mol. The maximum Gasteiger partial charge on any atom is 0.310 e. The van der Waals surface area contributed by atoms with Crippen molar-refractivity contribution in [2.24, 2.45) is 0 Å². The largest absolute Gasteiger partial charge is 0.454 e. The lowest BCUT2D eigenvalue weighted by atomic mass is 10.1. The van der Waals surface area contributed by atoms with E-state index in [-0.39, 0.29) is 5.97 Å². The molecule has 1 aliphatic rings. The van der Waals surface area contributed by atoms with E-state index in [1.54, 1.807) is 0 Å². The van der Waals surface area contributed by atoms with Crippen LogP contribution in [0.2, 0.25) is 0 Å². The smallest absolute Gasteiger partial charge is 0.310 e. The zero-order chi connectivity index (χ0) is 16.7. The molecule has 0 amide bonds. The van der Waals surface area contributed by atoms with Crippen molar-refractivity contribution in [2.75, 3.05) is 19.9 Å². The van der Waals surface area contributed by atoms with Gasteiger partial charge in [0, 0.05) is 13.0 Å². The molecule has 2 rings (SSSR count). The Balaban J connectivity index is 1.73. The van der Waals surface area contributed by atoms with Crippen molar-refractivity contribution in [3.05, 3.63) is 35.1 Å². The first-order valence-electron chi connectivity index (χ1n) is 8.06. The number of esters is 1. The van der Waals surface area contributed by atoms with Gasteiger partial charge in [0.1, 0.15) is 5.76 Å². The molecule has 1 aliphatic heterocycles. The minimum atomic E-state index is -0.162. The molecule has 0 spiro atoms. The summed E-state index contributed by atoms with van der Waals surface area (Å²) in [6.07, 6.45) is 2.17. The van der Waals surface area contributed by atoms with E-state index in [0.717, 1.165) is 36.5 Å². The van der Waals surface area contributed by atoms with Crippen LogP contribution in [0.15, 0.2) is 29.5 Å². The second-order valence-corrected chi connectivity index (χ2v) is 5.67. The molecule has 1 N–H and O–H groups in total. The first-order chi connectivity index (χ1) is 11.1. The van der Waals surface area contributed by atoms with Gasteiger partial charge in [0.05, 0.1) is 0 Å². The molecule has 1 heterocycles. The summed E-state index contributed by atoms with van der Waals surface area (Å²) < 4.78 is 16.0. The van der Waals surface area contributed by atoms with Crippen LogP contribution < -0.4 is 14.8 Å². The van der Waals surface area contributed by atoms with E-state index in [2.05, 4.69) is 11.4 Å². The summed E-state index contributed by atoms with van der Waals surface area (Å²) in [4.78, 5) is 11.5. The van der Waals surface area contributed by atoms with Crippen LogP contribution in [-0.4, -0.2) is 25.9 Å². The Hall–Kier alpha value is -2.01. The van der Waals surface area contributed by atoms with Crippen LogP contribution in [0.3, 0.4) is 0 Å². The Bertz CT molecular complexity index is 580. The first-order valence-corrected chi connectivity index (χ1v) is 8.06. The molecule has 0 unspecified atom stereocenters. The minimum absolute atomic E-state index is 0.162. The van der Waals surface area contributed by atoms with Gasteiger partial charge in [-0.25, -0.2) is 0 Å². The van der Waals surface area contributed by atoms with E-state index in [9.17, 15) is 4.79 Å². The summed E-state index contributed by atoms with van der Waals surface area (Å²) in [5, 5.41) is 3.37. The SMILES string of the molecule is CCCC(=O)O/C(C)=C(\C)CNCCc1ccc2c(c1)OCO2. The minimum Gasteiger partial charge on any atom is -0.454 e. The molecule has 0 aromatic heterocycles. The number of carbonyl (C=O) groups excluding carboxylic acids is 1. The number of carbonyl (C=O) groups is 1. The van der Waals surface area contributed by atoms with Crippen molar-refractivity contribution >= 4 is 5.97 Å². The highest BCUT2D eigenvalue weighted by Gasteiger charge is 2.12. The predicted octanol–water partition coefficient (Wildman–Crippen LogP) is 3.18. The van der Waals surface area contributed by atoms with Gasteiger partial charge in [0.25, 0.3) is 0 Å². The highest BCUT2D eigenvalue weighted by Crippen LogP contribution is 2.32. The van der Waals surface area contributed by atoms with E-state index in [0.29, 0.717) is 25.5 Å². The molecule has 1 aromatic carbocycles. The topological polar surface area (TPSA) is 56.8 Å². The quantitative estimate of drug-likeness (QED) is 0.453. The Kier molecular flexibility index (Phi) is 6.47. The van der Waals surface area contributed by atoms with Crippen molar-refractivity contribution in [1.82, 2.24) is 5.32 Å². The normalized spacial score (nSPS) is 13.7. The van der Waals surface area contributed by atoms with Gasteiger partial charge in [0.2, 0.25) is 6.79 Å². The molecule has 0 fully saturated rings. The van der Waals surface area contributed by atoms with Crippen LogP contribution >= 0.6 is 0 Å². The van der Waals surface area contributed by atoms with Gasteiger partial charge < -0.3 is 19.5 Å². The fourth-order valence-corrected chi connectivity index (χ4v) is 2.24. The lowest BCUT2D eigenvalue weighted by Crippen LogP contribution is -2.20. The van der Waals surface area contributed by atoms with E-state index in [4.69, 9.17) is 14.2 Å². The highest BCUT2D eigenvalue weighted by atomic mass is 16.7. The fraction of sp³-hybridized carbons (Fsp3) is 0.500. The lowest BCUT2D eigenvalue weighted by Gasteiger charge is -2.10. The van der Waals surface area contributed by atoms with Crippen molar-refractivity contribution < 1.29 is 19.0 Å². The first kappa shape index (κ1) is 17.3.